The zero-order valence-corrected chi connectivity index (χ0v) is 13.7. The molecule has 0 aliphatic carbocycles. The molecule has 0 amide bonds. The van der Waals surface area contributed by atoms with Gasteiger partial charge in [0.1, 0.15) is 5.75 Å². The number of rotatable bonds is 4. The summed E-state index contributed by atoms with van der Waals surface area (Å²) in [6.07, 6.45) is 0.00280. The summed E-state index contributed by atoms with van der Waals surface area (Å²) in [6.45, 7) is 3.86. The molecule has 0 saturated heterocycles. The minimum Gasteiger partial charge on any atom is -0.508 e. The summed E-state index contributed by atoms with van der Waals surface area (Å²) in [4.78, 5) is 0. The van der Waals surface area contributed by atoms with E-state index in [1.54, 1.807) is 18.2 Å². The fourth-order valence-electron chi connectivity index (χ4n) is 2.55. The Hall–Kier alpha value is -2.94. The van der Waals surface area contributed by atoms with Crippen molar-refractivity contribution < 1.29 is 14.9 Å². The average molecular weight is 320 g/mol. The molecule has 3 aromatic rings. The zero-order chi connectivity index (χ0) is 17.1. The van der Waals surface area contributed by atoms with Crippen LogP contribution in [0.25, 0.3) is 22.3 Å². The zero-order valence-electron chi connectivity index (χ0n) is 13.7. The van der Waals surface area contributed by atoms with E-state index >= 15 is 0 Å². The molecule has 0 atom stereocenters. The predicted molar refractivity (Wildman–Crippen MR) is 96.4 cm³/mol. The van der Waals surface area contributed by atoms with Gasteiger partial charge in [-0.05, 0) is 60.4 Å². The van der Waals surface area contributed by atoms with Crippen LogP contribution in [-0.2, 0) is 0 Å². The average Bonchev–Trinajstić information content (AvgIpc) is 2.57. The van der Waals surface area contributed by atoms with Crippen LogP contribution in [0.3, 0.4) is 0 Å². The summed E-state index contributed by atoms with van der Waals surface area (Å²) in [7, 11) is 0. The van der Waals surface area contributed by atoms with E-state index in [1.165, 1.54) is 0 Å². The molecule has 0 aliphatic rings. The van der Waals surface area contributed by atoms with Gasteiger partial charge in [0.25, 0.3) is 0 Å². The van der Waals surface area contributed by atoms with E-state index in [2.05, 4.69) is 0 Å². The van der Waals surface area contributed by atoms with Crippen LogP contribution in [0.2, 0.25) is 0 Å². The van der Waals surface area contributed by atoms with Gasteiger partial charge in [-0.1, -0.05) is 42.5 Å². The fraction of sp³-hybridized carbons (Fsp3) is 0.143. The summed E-state index contributed by atoms with van der Waals surface area (Å²) in [5.74, 6) is 0.899. The van der Waals surface area contributed by atoms with Crippen LogP contribution in [-0.4, -0.2) is 16.3 Å². The second-order valence-corrected chi connectivity index (χ2v) is 5.97. The highest BCUT2D eigenvalue weighted by Crippen LogP contribution is 2.33. The fourth-order valence-corrected chi connectivity index (χ4v) is 2.55. The molecule has 24 heavy (non-hydrogen) atoms. The molecular formula is C21H20O3. The number of hydrogen-bond acceptors (Lipinski definition) is 3. The molecule has 3 rings (SSSR count). The summed E-state index contributed by atoms with van der Waals surface area (Å²) >= 11 is 0. The van der Waals surface area contributed by atoms with E-state index in [9.17, 15) is 10.2 Å². The standard InChI is InChI=1S/C21H20O3/c1-14(2)24-21-13-18(9-12-20(21)23)17-5-3-15(4-6-17)16-7-10-19(22)11-8-16/h3-14,22-23H,1-2H3. The first-order valence-electron chi connectivity index (χ1n) is 7.92. The largest absolute Gasteiger partial charge is 0.508 e. The minimum absolute atomic E-state index is 0.00280. The Morgan fingerprint density at radius 1 is 0.667 bits per heavy atom. The van der Waals surface area contributed by atoms with E-state index in [1.807, 2.05) is 62.4 Å². The number of benzene rings is 3. The Morgan fingerprint density at radius 2 is 1.12 bits per heavy atom. The van der Waals surface area contributed by atoms with Crippen LogP contribution in [0.4, 0.5) is 0 Å². The van der Waals surface area contributed by atoms with Gasteiger partial charge in [-0.3, -0.25) is 0 Å². The first-order chi connectivity index (χ1) is 11.5. The normalized spacial score (nSPS) is 10.8. The first kappa shape index (κ1) is 15.9. The van der Waals surface area contributed by atoms with Gasteiger partial charge >= 0.3 is 0 Å². The Balaban J connectivity index is 1.89. The topological polar surface area (TPSA) is 49.7 Å². The van der Waals surface area contributed by atoms with Gasteiger partial charge in [-0.2, -0.15) is 0 Å². The molecule has 0 heterocycles. The van der Waals surface area contributed by atoms with E-state index in [0.717, 1.165) is 22.3 Å². The van der Waals surface area contributed by atoms with Crippen molar-refractivity contribution >= 4 is 0 Å². The van der Waals surface area contributed by atoms with E-state index < -0.39 is 0 Å². The Labute approximate surface area is 141 Å². The third-order valence-corrected chi connectivity index (χ3v) is 3.74. The van der Waals surface area contributed by atoms with Crippen molar-refractivity contribution in [2.75, 3.05) is 0 Å². The second-order valence-electron chi connectivity index (χ2n) is 5.97. The molecule has 0 aliphatic heterocycles. The monoisotopic (exact) mass is 320 g/mol. The molecule has 0 bridgehead atoms. The lowest BCUT2D eigenvalue weighted by Gasteiger charge is -2.13. The maximum absolute atomic E-state index is 9.90. The Morgan fingerprint density at radius 3 is 1.67 bits per heavy atom. The predicted octanol–water partition coefficient (Wildman–Crippen LogP) is 5.22. The van der Waals surface area contributed by atoms with Crippen LogP contribution in [0.1, 0.15) is 13.8 Å². The van der Waals surface area contributed by atoms with Crippen LogP contribution in [0, 0.1) is 0 Å². The quantitative estimate of drug-likeness (QED) is 0.693. The number of hydrogen-bond donors (Lipinski definition) is 2. The SMILES string of the molecule is CC(C)Oc1cc(-c2ccc(-c3ccc(O)cc3)cc2)ccc1O. The van der Waals surface area contributed by atoms with Gasteiger partial charge in [0.15, 0.2) is 11.5 Å². The van der Waals surface area contributed by atoms with Crippen molar-refractivity contribution in [3.8, 4) is 39.5 Å². The van der Waals surface area contributed by atoms with Gasteiger partial charge < -0.3 is 14.9 Å². The third kappa shape index (κ3) is 3.51. The number of ether oxygens (including phenoxy) is 1. The number of phenolic OH excluding ortho intramolecular Hbond substituents is 2. The number of aromatic hydroxyl groups is 2. The van der Waals surface area contributed by atoms with E-state index in [-0.39, 0.29) is 17.6 Å². The molecule has 0 fully saturated rings. The highest BCUT2D eigenvalue weighted by molar-refractivity contribution is 5.72. The molecule has 122 valence electrons. The van der Waals surface area contributed by atoms with E-state index in [0.29, 0.717) is 5.75 Å². The number of phenols is 2. The van der Waals surface area contributed by atoms with Crippen LogP contribution >= 0.6 is 0 Å². The molecule has 0 aromatic heterocycles. The van der Waals surface area contributed by atoms with Crippen molar-refractivity contribution in [2.24, 2.45) is 0 Å². The third-order valence-electron chi connectivity index (χ3n) is 3.74. The van der Waals surface area contributed by atoms with Gasteiger partial charge in [-0.15, -0.1) is 0 Å². The molecule has 0 spiro atoms. The lowest BCUT2D eigenvalue weighted by molar-refractivity contribution is 0.232. The Bertz CT molecular complexity index is 819. The van der Waals surface area contributed by atoms with Gasteiger partial charge in [0.05, 0.1) is 6.10 Å². The van der Waals surface area contributed by atoms with E-state index in [4.69, 9.17) is 4.74 Å². The van der Waals surface area contributed by atoms with Crippen molar-refractivity contribution in [2.45, 2.75) is 20.0 Å². The van der Waals surface area contributed by atoms with Crippen LogP contribution < -0.4 is 4.74 Å². The summed E-state index contributed by atoms with van der Waals surface area (Å²) in [6, 6.07) is 20.7. The molecule has 0 saturated carbocycles. The van der Waals surface area contributed by atoms with Gasteiger partial charge in [-0.25, -0.2) is 0 Å². The molecule has 3 heteroatoms. The van der Waals surface area contributed by atoms with Crippen molar-refractivity contribution in [3.05, 3.63) is 66.7 Å². The maximum Gasteiger partial charge on any atom is 0.161 e. The summed E-state index contributed by atoms with van der Waals surface area (Å²) < 4.78 is 5.64. The van der Waals surface area contributed by atoms with Crippen molar-refractivity contribution in [1.82, 2.24) is 0 Å². The molecule has 0 unspecified atom stereocenters. The van der Waals surface area contributed by atoms with Gasteiger partial charge in [0.2, 0.25) is 0 Å². The maximum atomic E-state index is 9.90. The van der Waals surface area contributed by atoms with Crippen molar-refractivity contribution in [3.63, 3.8) is 0 Å². The van der Waals surface area contributed by atoms with Crippen molar-refractivity contribution in [1.29, 1.82) is 0 Å². The molecular weight excluding hydrogens is 300 g/mol. The molecule has 3 aromatic carbocycles. The first-order valence-corrected chi connectivity index (χ1v) is 7.92. The summed E-state index contributed by atoms with van der Waals surface area (Å²) in [5, 5.41) is 19.3. The molecule has 3 nitrogen and oxygen atoms in total. The molecule has 0 radical (unpaired) electrons. The highest BCUT2D eigenvalue weighted by Gasteiger charge is 2.08. The summed E-state index contributed by atoms with van der Waals surface area (Å²) in [5.41, 5.74) is 4.16. The minimum atomic E-state index is 0.00280. The van der Waals surface area contributed by atoms with Gasteiger partial charge in [0, 0.05) is 0 Å². The second kappa shape index (κ2) is 6.67. The van der Waals surface area contributed by atoms with Crippen LogP contribution in [0.15, 0.2) is 66.7 Å². The highest BCUT2D eigenvalue weighted by atomic mass is 16.5. The smallest absolute Gasteiger partial charge is 0.161 e. The lowest BCUT2D eigenvalue weighted by atomic mass is 10.00. The Kier molecular flexibility index (Phi) is 4.43. The van der Waals surface area contributed by atoms with Crippen LogP contribution in [0.5, 0.6) is 17.2 Å². The molecule has 2 N–H and O–H groups in total. The lowest BCUT2D eigenvalue weighted by Crippen LogP contribution is -2.05.